The Kier molecular flexibility index (Phi) is 4.06. The van der Waals surface area contributed by atoms with Gasteiger partial charge in [0.15, 0.2) is 5.82 Å². The number of benzene rings is 1. The fourth-order valence-corrected chi connectivity index (χ4v) is 2.37. The lowest BCUT2D eigenvalue weighted by Gasteiger charge is -1.95. The van der Waals surface area contributed by atoms with Crippen molar-refractivity contribution < 1.29 is 9.18 Å². The minimum absolute atomic E-state index is 0.167. The van der Waals surface area contributed by atoms with Crippen molar-refractivity contribution in [2.45, 2.75) is 0 Å². The van der Waals surface area contributed by atoms with Crippen LogP contribution in [0.2, 0.25) is 0 Å². The maximum Gasteiger partial charge on any atom is 0.250 e. The molecule has 0 radical (unpaired) electrons. The van der Waals surface area contributed by atoms with E-state index in [0.717, 1.165) is 4.88 Å². The Hall–Kier alpha value is -2.80. The van der Waals surface area contributed by atoms with Gasteiger partial charge in [-0.25, -0.2) is 4.39 Å². The number of aromatic nitrogens is 3. The number of thiophene rings is 1. The Morgan fingerprint density at radius 3 is 2.82 bits per heavy atom. The Balaban J connectivity index is 1.66. The van der Waals surface area contributed by atoms with Gasteiger partial charge in [-0.1, -0.05) is 6.07 Å². The van der Waals surface area contributed by atoms with Crippen LogP contribution in [-0.2, 0) is 4.79 Å². The molecule has 3 rings (SSSR count). The number of hydrogen-bond acceptors (Lipinski definition) is 4. The first-order valence-electron chi connectivity index (χ1n) is 6.41. The predicted octanol–water partition coefficient (Wildman–Crippen LogP) is 3.32. The van der Waals surface area contributed by atoms with Crippen LogP contribution in [0.4, 0.5) is 10.3 Å². The maximum absolute atomic E-state index is 12.9. The third-order valence-electron chi connectivity index (χ3n) is 2.78. The average Bonchev–Trinajstić information content (AvgIpc) is 3.17. The summed E-state index contributed by atoms with van der Waals surface area (Å²) in [5.74, 6) is -0.0220. The number of rotatable bonds is 4. The van der Waals surface area contributed by atoms with Gasteiger partial charge in [-0.3, -0.25) is 15.2 Å². The van der Waals surface area contributed by atoms with Crippen molar-refractivity contribution in [2.75, 3.05) is 5.32 Å². The summed E-state index contributed by atoms with van der Waals surface area (Å²) in [5, 5.41) is 11.1. The molecule has 2 N–H and O–H groups in total. The van der Waals surface area contributed by atoms with Gasteiger partial charge < -0.3 is 0 Å². The third-order valence-corrected chi connectivity index (χ3v) is 3.62. The molecule has 0 saturated carbocycles. The molecule has 22 heavy (non-hydrogen) atoms. The van der Waals surface area contributed by atoms with E-state index in [2.05, 4.69) is 20.5 Å². The fourth-order valence-electron chi connectivity index (χ4n) is 1.75. The summed E-state index contributed by atoms with van der Waals surface area (Å²) < 4.78 is 12.9. The molecular weight excluding hydrogens is 303 g/mol. The first kappa shape index (κ1) is 14.2. The van der Waals surface area contributed by atoms with Crippen LogP contribution in [0, 0.1) is 5.82 Å². The van der Waals surface area contributed by atoms with E-state index < -0.39 is 0 Å². The first-order chi connectivity index (χ1) is 10.7. The summed E-state index contributed by atoms with van der Waals surface area (Å²) in [4.78, 5) is 16.9. The van der Waals surface area contributed by atoms with Crippen LogP contribution in [0.5, 0.6) is 0 Å². The number of amides is 1. The first-order valence-corrected chi connectivity index (χ1v) is 7.29. The lowest BCUT2D eigenvalue weighted by atomic mass is 10.2. The highest BCUT2D eigenvalue weighted by Crippen LogP contribution is 2.16. The second kappa shape index (κ2) is 6.31. The molecule has 0 fully saturated rings. The molecule has 0 aliphatic heterocycles. The summed E-state index contributed by atoms with van der Waals surface area (Å²) >= 11 is 1.54. The number of hydrogen-bond donors (Lipinski definition) is 2. The van der Waals surface area contributed by atoms with Crippen molar-refractivity contribution in [3.63, 3.8) is 0 Å². The number of nitrogens with zero attached hydrogens (tertiary/aromatic N) is 2. The molecule has 2 aromatic heterocycles. The topological polar surface area (TPSA) is 70.7 Å². The highest BCUT2D eigenvalue weighted by atomic mass is 32.1. The van der Waals surface area contributed by atoms with Crippen LogP contribution in [0.1, 0.15) is 4.88 Å². The summed E-state index contributed by atoms with van der Waals surface area (Å²) in [6, 6.07) is 9.65. The number of nitrogens with one attached hydrogen (secondary N) is 2. The van der Waals surface area contributed by atoms with Gasteiger partial charge in [0.05, 0.1) is 0 Å². The van der Waals surface area contributed by atoms with Crippen LogP contribution in [0.15, 0.2) is 47.9 Å². The molecule has 0 saturated heterocycles. The van der Waals surface area contributed by atoms with Crippen LogP contribution in [0.25, 0.3) is 17.5 Å². The molecule has 2 heterocycles. The highest BCUT2D eigenvalue weighted by Gasteiger charge is 2.07. The van der Waals surface area contributed by atoms with Crippen LogP contribution in [-0.4, -0.2) is 21.1 Å². The maximum atomic E-state index is 12.9. The van der Waals surface area contributed by atoms with Gasteiger partial charge in [0, 0.05) is 16.5 Å². The van der Waals surface area contributed by atoms with E-state index in [1.165, 1.54) is 29.5 Å². The van der Waals surface area contributed by atoms with E-state index in [0.29, 0.717) is 11.4 Å². The molecule has 5 nitrogen and oxygen atoms in total. The molecule has 0 atom stereocenters. The molecule has 0 aliphatic carbocycles. The fraction of sp³-hybridized carbons (Fsp3) is 0. The summed E-state index contributed by atoms with van der Waals surface area (Å²) in [7, 11) is 0. The van der Waals surface area contributed by atoms with Crippen molar-refractivity contribution in [3.05, 3.63) is 58.5 Å². The van der Waals surface area contributed by atoms with Crippen molar-refractivity contribution in [2.24, 2.45) is 0 Å². The minimum Gasteiger partial charge on any atom is -0.290 e. The number of halogens is 1. The van der Waals surface area contributed by atoms with Crippen LogP contribution >= 0.6 is 11.3 Å². The average molecular weight is 314 g/mol. The quantitative estimate of drug-likeness (QED) is 0.726. The minimum atomic E-state index is -0.324. The zero-order valence-corrected chi connectivity index (χ0v) is 12.1. The number of anilines is 1. The molecule has 0 unspecified atom stereocenters. The van der Waals surface area contributed by atoms with E-state index in [4.69, 9.17) is 0 Å². The Morgan fingerprint density at radius 1 is 1.27 bits per heavy atom. The van der Waals surface area contributed by atoms with Crippen molar-refractivity contribution >= 4 is 29.3 Å². The lowest BCUT2D eigenvalue weighted by Crippen LogP contribution is -2.08. The molecule has 0 bridgehead atoms. The summed E-state index contributed by atoms with van der Waals surface area (Å²) in [6.07, 6.45) is 3.13. The van der Waals surface area contributed by atoms with Gasteiger partial charge in [-0.15, -0.1) is 16.4 Å². The van der Waals surface area contributed by atoms with E-state index in [9.17, 15) is 9.18 Å². The molecule has 7 heteroatoms. The predicted molar refractivity (Wildman–Crippen MR) is 83.8 cm³/mol. The molecule has 1 amide bonds. The second-order valence-corrected chi connectivity index (χ2v) is 5.33. The largest absolute Gasteiger partial charge is 0.290 e. The molecule has 0 spiro atoms. The van der Waals surface area contributed by atoms with Crippen molar-refractivity contribution in [1.82, 2.24) is 15.2 Å². The van der Waals surface area contributed by atoms with E-state index >= 15 is 0 Å². The van der Waals surface area contributed by atoms with E-state index in [-0.39, 0.29) is 17.7 Å². The van der Waals surface area contributed by atoms with Crippen molar-refractivity contribution in [1.29, 1.82) is 0 Å². The van der Waals surface area contributed by atoms with Gasteiger partial charge >= 0.3 is 0 Å². The monoisotopic (exact) mass is 314 g/mol. The smallest absolute Gasteiger partial charge is 0.250 e. The van der Waals surface area contributed by atoms with Gasteiger partial charge in [-0.2, -0.15) is 4.98 Å². The lowest BCUT2D eigenvalue weighted by molar-refractivity contribution is -0.111. The van der Waals surface area contributed by atoms with E-state index in [1.54, 1.807) is 18.2 Å². The van der Waals surface area contributed by atoms with Gasteiger partial charge in [-0.05, 0) is 41.8 Å². The Morgan fingerprint density at radius 2 is 2.09 bits per heavy atom. The summed E-state index contributed by atoms with van der Waals surface area (Å²) in [5.41, 5.74) is 0.684. The zero-order chi connectivity index (χ0) is 15.4. The number of H-pyrrole nitrogens is 1. The summed E-state index contributed by atoms with van der Waals surface area (Å²) in [6.45, 7) is 0. The number of carbonyl (C=O) groups excluding carboxylic acids is 1. The second-order valence-electron chi connectivity index (χ2n) is 4.35. The highest BCUT2D eigenvalue weighted by molar-refractivity contribution is 7.10. The van der Waals surface area contributed by atoms with Crippen molar-refractivity contribution in [3.8, 4) is 11.4 Å². The Bertz CT molecular complexity index is 793. The Labute approximate surface area is 129 Å². The standard InChI is InChI=1S/C15H11FN4OS/c16-11-5-3-10(4-6-11)14-18-15(20-19-14)17-13(21)8-7-12-2-1-9-22-12/h1-9H,(H2,17,18,19,20,21)/b8-7+. The van der Waals surface area contributed by atoms with Crippen LogP contribution < -0.4 is 5.32 Å². The van der Waals surface area contributed by atoms with Gasteiger partial charge in [0.1, 0.15) is 5.82 Å². The van der Waals surface area contributed by atoms with Gasteiger partial charge in [0.2, 0.25) is 5.95 Å². The van der Waals surface area contributed by atoms with E-state index in [1.807, 2.05) is 17.5 Å². The SMILES string of the molecule is O=C(/C=C/c1cccs1)Nc1n[nH]c(-c2ccc(F)cc2)n1. The number of aromatic amines is 1. The zero-order valence-electron chi connectivity index (χ0n) is 11.3. The molecule has 3 aromatic rings. The molecule has 110 valence electrons. The molecule has 1 aromatic carbocycles. The normalized spacial score (nSPS) is 11.0. The third kappa shape index (κ3) is 3.44. The molecular formula is C15H11FN4OS. The number of carbonyl (C=O) groups is 1. The molecule has 0 aliphatic rings. The van der Waals surface area contributed by atoms with Gasteiger partial charge in [0.25, 0.3) is 5.91 Å². The van der Waals surface area contributed by atoms with Crippen LogP contribution in [0.3, 0.4) is 0 Å².